The number of nitrogens with two attached hydrogens (primary N) is 3. The fraction of sp³-hybridized carbons (Fsp3) is 0.667. The van der Waals surface area contributed by atoms with E-state index in [4.69, 9.17) is 27.4 Å². The van der Waals surface area contributed by atoms with E-state index in [1.807, 2.05) is 5.32 Å². The number of carbonyl (C=O) groups excluding carboxylic acids is 4. The van der Waals surface area contributed by atoms with Crippen LogP contribution >= 0.6 is 12.6 Å². The lowest BCUT2D eigenvalue weighted by Gasteiger charge is -2.24. The topological polar surface area (TPSA) is 257 Å². The second kappa shape index (κ2) is 15.8. The molecular formula is C18H32N6O8S. The van der Waals surface area contributed by atoms with Gasteiger partial charge in [0.25, 0.3) is 0 Å². The van der Waals surface area contributed by atoms with Crippen molar-refractivity contribution in [3.8, 4) is 0 Å². The summed E-state index contributed by atoms with van der Waals surface area (Å²) >= 11 is 4.01. The van der Waals surface area contributed by atoms with E-state index in [2.05, 4.69) is 23.3 Å². The highest BCUT2D eigenvalue weighted by atomic mass is 32.1. The zero-order chi connectivity index (χ0) is 25.6. The van der Waals surface area contributed by atoms with Gasteiger partial charge in [0.15, 0.2) is 0 Å². The third kappa shape index (κ3) is 12.6. The van der Waals surface area contributed by atoms with Gasteiger partial charge in [-0.1, -0.05) is 6.42 Å². The summed E-state index contributed by atoms with van der Waals surface area (Å²) in [6.07, 6.45) is -0.0131. The number of amides is 4. The Kier molecular flexibility index (Phi) is 14.4. The van der Waals surface area contributed by atoms with Gasteiger partial charge in [-0.25, -0.2) is 4.79 Å². The lowest BCUT2D eigenvalue weighted by atomic mass is 10.1. The maximum atomic E-state index is 12.6. The van der Waals surface area contributed by atoms with E-state index in [0.717, 1.165) is 0 Å². The number of hydrogen-bond donors (Lipinski definition) is 9. The van der Waals surface area contributed by atoms with Crippen LogP contribution in [0.25, 0.3) is 0 Å². The highest BCUT2D eigenvalue weighted by Crippen LogP contribution is 2.04. The molecule has 0 aliphatic heterocycles. The first-order chi connectivity index (χ1) is 15.4. The van der Waals surface area contributed by atoms with Crippen molar-refractivity contribution in [1.82, 2.24) is 16.0 Å². The summed E-state index contributed by atoms with van der Waals surface area (Å²) in [6.45, 7) is 0.442. The monoisotopic (exact) mass is 492 g/mol. The molecule has 0 fully saturated rings. The molecule has 0 aromatic heterocycles. The summed E-state index contributed by atoms with van der Waals surface area (Å²) in [5, 5.41) is 24.7. The molecule has 0 spiro atoms. The summed E-state index contributed by atoms with van der Waals surface area (Å²) in [5.41, 5.74) is 16.1. The van der Waals surface area contributed by atoms with E-state index in [1.165, 1.54) is 0 Å². The molecule has 0 aliphatic carbocycles. The first kappa shape index (κ1) is 30.1. The second-order valence-corrected chi connectivity index (χ2v) is 7.56. The van der Waals surface area contributed by atoms with Gasteiger partial charge >= 0.3 is 11.9 Å². The van der Waals surface area contributed by atoms with Crippen LogP contribution in [0.15, 0.2) is 0 Å². The van der Waals surface area contributed by atoms with Gasteiger partial charge in [0.1, 0.15) is 18.1 Å². The smallest absolute Gasteiger partial charge is 0.326 e. The molecule has 14 nitrogen and oxygen atoms in total. The normalized spacial score (nSPS) is 14.3. The molecule has 0 rings (SSSR count). The van der Waals surface area contributed by atoms with Crippen molar-refractivity contribution in [2.24, 2.45) is 17.2 Å². The molecule has 33 heavy (non-hydrogen) atoms. The molecule has 0 heterocycles. The Labute approximate surface area is 195 Å². The van der Waals surface area contributed by atoms with Crippen LogP contribution in [0.4, 0.5) is 0 Å². The molecular weight excluding hydrogens is 460 g/mol. The molecule has 15 heteroatoms. The predicted octanol–water partition coefficient (Wildman–Crippen LogP) is -3.35. The average molecular weight is 493 g/mol. The predicted molar refractivity (Wildman–Crippen MR) is 119 cm³/mol. The minimum atomic E-state index is -1.67. The Morgan fingerprint density at radius 1 is 0.818 bits per heavy atom. The number of carboxylic acids is 2. The van der Waals surface area contributed by atoms with Crippen LogP contribution < -0.4 is 33.2 Å². The second-order valence-electron chi connectivity index (χ2n) is 7.20. The third-order valence-electron chi connectivity index (χ3n) is 4.42. The van der Waals surface area contributed by atoms with Crippen LogP contribution in [0.2, 0.25) is 0 Å². The zero-order valence-electron chi connectivity index (χ0n) is 18.0. The van der Waals surface area contributed by atoms with Crippen LogP contribution in [-0.4, -0.2) is 82.2 Å². The molecule has 0 aliphatic rings. The number of rotatable bonds is 17. The molecule has 0 saturated heterocycles. The Morgan fingerprint density at radius 2 is 1.36 bits per heavy atom. The van der Waals surface area contributed by atoms with Gasteiger partial charge in [-0.2, -0.15) is 12.6 Å². The fourth-order valence-electron chi connectivity index (χ4n) is 2.60. The van der Waals surface area contributed by atoms with Crippen molar-refractivity contribution in [2.75, 3.05) is 12.3 Å². The number of carbonyl (C=O) groups is 6. The number of nitrogens with one attached hydrogen (secondary N) is 3. The summed E-state index contributed by atoms with van der Waals surface area (Å²) in [7, 11) is 0. The van der Waals surface area contributed by atoms with E-state index in [9.17, 15) is 28.8 Å². The lowest BCUT2D eigenvalue weighted by molar-refractivity contribution is -0.144. The van der Waals surface area contributed by atoms with Crippen LogP contribution in [-0.2, 0) is 28.8 Å². The zero-order valence-corrected chi connectivity index (χ0v) is 18.9. The van der Waals surface area contributed by atoms with Gasteiger partial charge in [-0.05, 0) is 25.8 Å². The average Bonchev–Trinajstić information content (AvgIpc) is 2.73. The van der Waals surface area contributed by atoms with Gasteiger partial charge in [-0.15, -0.1) is 0 Å². The summed E-state index contributed by atoms with van der Waals surface area (Å²) in [4.78, 5) is 70.5. The summed E-state index contributed by atoms with van der Waals surface area (Å²) < 4.78 is 0. The van der Waals surface area contributed by atoms with E-state index in [0.29, 0.717) is 25.8 Å². The molecule has 0 bridgehead atoms. The summed E-state index contributed by atoms with van der Waals surface area (Å²) in [6, 6.07) is -5.25. The quantitative estimate of drug-likeness (QED) is 0.0719. The van der Waals surface area contributed by atoms with Crippen LogP contribution in [0.1, 0.15) is 38.5 Å². The van der Waals surface area contributed by atoms with Gasteiger partial charge in [-0.3, -0.25) is 24.0 Å². The molecule has 0 aromatic rings. The molecule has 4 amide bonds. The van der Waals surface area contributed by atoms with E-state index in [-0.39, 0.29) is 12.2 Å². The minimum absolute atomic E-state index is 0.167. The fourth-order valence-corrected chi connectivity index (χ4v) is 2.85. The molecule has 0 saturated carbocycles. The lowest BCUT2D eigenvalue weighted by Crippen LogP contribution is -2.57. The van der Waals surface area contributed by atoms with E-state index < -0.39 is 72.6 Å². The SMILES string of the molecule is NCCCCC(N)C(=O)NC(CS)C(=O)NC(CCC(=O)O)C(=O)NC(CC(N)=O)C(=O)O. The van der Waals surface area contributed by atoms with Crippen molar-refractivity contribution in [2.45, 2.75) is 62.7 Å². The first-order valence-corrected chi connectivity index (χ1v) is 10.8. The molecule has 4 atom stereocenters. The summed E-state index contributed by atoms with van der Waals surface area (Å²) in [5.74, 6) is -6.50. The van der Waals surface area contributed by atoms with Gasteiger partial charge in [0, 0.05) is 12.2 Å². The largest absolute Gasteiger partial charge is 0.481 e. The standard InChI is InChI=1S/C18H32N6O8S/c19-6-2-1-3-9(20)15(28)24-12(8-33)17(30)22-10(4-5-14(26)27)16(29)23-11(18(31)32)7-13(21)25/h9-12,33H,1-8,19-20H2,(H2,21,25)(H,22,30)(H,23,29)(H,24,28)(H,26,27)(H,31,32). The molecule has 4 unspecified atom stereocenters. The highest BCUT2D eigenvalue weighted by Gasteiger charge is 2.30. The maximum Gasteiger partial charge on any atom is 0.326 e. The van der Waals surface area contributed by atoms with Crippen molar-refractivity contribution < 1.29 is 39.0 Å². The number of unbranched alkanes of at least 4 members (excludes halogenated alkanes) is 1. The molecule has 188 valence electrons. The van der Waals surface area contributed by atoms with Crippen LogP contribution in [0, 0.1) is 0 Å². The van der Waals surface area contributed by atoms with Crippen molar-refractivity contribution >= 4 is 48.2 Å². The Morgan fingerprint density at radius 3 is 1.85 bits per heavy atom. The van der Waals surface area contributed by atoms with Crippen molar-refractivity contribution in [3.63, 3.8) is 0 Å². The first-order valence-electron chi connectivity index (χ1n) is 10.1. The van der Waals surface area contributed by atoms with E-state index in [1.54, 1.807) is 0 Å². The molecule has 0 aromatic carbocycles. The maximum absolute atomic E-state index is 12.6. The number of aliphatic carboxylic acids is 2. The Hall–Kier alpha value is -2.91. The number of primary amides is 1. The number of carboxylic acid groups (broad SMARTS) is 2. The third-order valence-corrected chi connectivity index (χ3v) is 4.79. The van der Waals surface area contributed by atoms with Gasteiger partial charge in [0.05, 0.1) is 12.5 Å². The van der Waals surface area contributed by atoms with Crippen molar-refractivity contribution in [3.05, 3.63) is 0 Å². The Bertz CT molecular complexity index is 722. The molecule has 11 N–H and O–H groups in total. The number of hydrogen-bond acceptors (Lipinski definition) is 9. The minimum Gasteiger partial charge on any atom is -0.481 e. The highest BCUT2D eigenvalue weighted by molar-refractivity contribution is 7.80. The van der Waals surface area contributed by atoms with Gasteiger partial charge in [0.2, 0.25) is 23.6 Å². The van der Waals surface area contributed by atoms with Crippen molar-refractivity contribution in [1.29, 1.82) is 0 Å². The van der Waals surface area contributed by atoms with Crippen LogP contribution in [0.3, 0.4) is 0 Å². The van der Waals surface area contributed by atoms with Gasteiger partial charge < -0.3 is 43.4 Å². The Balaban J connectivity index is 5.27. The van der Waals surface area contributed by atoms with Crippen LogP contribution in [0.5, 0.6) is 0 Å². The molecule has 0 radical (unpaired) electrons. The number of thiol groups is 1. The van der Waals surface area contributed by atoms with E-state index >= 15 is 0 Å².